The molecule has 0 bridgehead atoms. The molecule has 1 aromatic heterocycles. The molecule has 0 aliphatic carbocycles. The fourth-order valence-electron chi connectivity index (χ4n) is 2.41. The van der Waals surface area contributed by atoms with E-state index in [0.717, 1.165) is 18.4 Å². The van der Waals surface area contributed by atoms with E-state index < -0.39 is 0 Å². The van der Waals surface area contributed by atoms with Gasteiger partial charge in [-0.25, -0.2) is 9.97 Å². The maximum atomic E-state index is 11.3. The van der Waals surface area contributed by atoms with Crippen molar-refractivity contribution in [3.63, 3.8) is 0 Å². The number of hydrogen-bond acceptors (Lipinski definition) is 5. The van der Waals surface area contributed by atoms with Crippen molar-refractivity contribution < 1.29 is 9.53 Å². The Morgan fingerprint density at radius 1 is 1.18 bits per heavy atom. The van der Waals surface area contributed by atoms with Crippen LogP contribution in [-0.2, 0) is 4.74 Å². The van der Waals surface area contributed by atoms with Gasteiger partial charge in [-0.05, 0) is 12.8 Å². The molecular weight excluding hydrogens is 302 g/mol. The van der Waals surface area contributed by atoms with Crippen molar-refractivity contribution in [3.8, 4) is 11.4 Å². The zero-order valence-electron chi connectivity index (χ0n) is 12.0. The lowest BCUT2D eigenvalue weighted by Crippen LogP contribution is -2.29. The second-order valence-electron chi connectivity index (χ2n) is 5.12. The van der Waals surface area contributed by atoms with Crippen molar-refractivity contribution in [1.29, 1.82) is 0 Å². The van der Waals surface area contributed by atoms with Crippen LogP contribution in [0.4, 0.5) is 5.82 Å². The first kappa shape index (κ1) is 14.9. The second-order valence-corrected chi connectivity index (χ2v) is 5.47. The smallest absolute Gasteiger partial charge is 0.163 e. The van der Waals surface area contributed by atoms with Crippen LogP contribution in [0.2, 0.25) is 5.15 Å². The molecule has 1 aliphatic rings. The third-order valence-electron chi connectivity index (χ3n) is 3.61. The summed E-state index contributed by atoms with van der Waals surface area (Å²) in [5.41, 5.74) is 1.16. The van der Waals surface area contributed by atoms with Crippen molar-refractivity contribution in [2.24, 2.45) is 0 Å². The standard InChI is InChI=1S/C16H16ClN3O2/c17-14-13(10-21)16(18-12-6-8-22-9-7-12)20-15(19-14)11-4-2-1-3-5-11/h1-5,10,12H,6-9H2,(H,18,19,20). The van der Waals surface area contributed by atoms with E-state index in [0.29, 0.717) is 36.7 Å². The van der Waals surface area contributed by atoms with Gasteiger partial charge in [-0.2, -0.15) is 0 Å². The summed E-state index contributed by atoms with van der Waals surface area (Å²) in [6.07, 6.45) is 2.44. The first-order chi connectivity index (χ1) is 10.8. The van der Waals surface area contributed by atoms with E-state index in [1.54, 1.807) is 0 Å². The molecule has 3 rings (SSSR count). The number of anilines is 1. The van der Waals surface area contributed by atoms with E-state index in [1.165, 1.54) is 0 Å². The van der Waals surface area contributed by atoms with Gasteiger partial charge in [0.2, 0.25) is 0 Å². The molecule has 0 amide bonds. The molecule has 1 fully saturated rings. The first-order valence-corrected chi connectivity index (χ1v) is 7.58. The number of nitrogens with one attached hydrogen (secondary N) is 1. The molecule has 2 heterocycles. The minimum absolute atomic E-state index is 0.165. The van der Waals surface area contributed by atoms with Gasteiger partial charge in [0.25, 0.3) is 0 Å². The average molecular weight is 318 g/mol. The summed E-state index contributed by atoms with van der Waals surface area (Å²) in [7, 11) is 0. The summed E-state index contributed by atoms with van der Waals surface area (Å²) in [4.78, 5) is 20.0. The first-order valence-electron chi connectivity index (χ1n) is 7.20. The minimum Gasteiger partial charge on any atom is -0.381 e. The fraction of sp³-hybridized carbons (Fsp3) is 0.312. The number of carbonyl (C=O) groups excluding carboxylic acids is 1. The summed E-state index contributed by atoms with van der Waals surface area (Å²) in [5, 5.41) is 3.47. The van der Waals surface area contributed by atoms with Gasteiger partial charge in [0, 0.05) is 24.8 Å². The average Bonchev–Trinajstić information content (AvgIpc) is 2.56. The maximum absolute atomic E-state index is 11.3. The third kappa shape index (κ3) is 3.26. The lowest BCUT2D eigenvalue weighted by molar-refractivity contribution is 0.0903. The van der Waals surface area contributed by atoms with Crippen LogP contribution in [-0.4, -0.2) is 35.5 Å². The van der Waals surface area contributed by atoms with Gasteiger partial charge in [-0.3, -0.25) is 4.79 Å². The van der Waals surface area contributed by atoms with Crippen molar-refractivity contribution >= 4 is 23.7 Å². The normalized spacial score (nSPS) is 15.5. The molecule has 1 aromatic carbocycles. The number of ether oxygens (including phenoxy) is 1. The predicted molar refractivity (Wildman–Crippen MR) is 85.3 cm³/mol. The van der Waals surface area contributed by atoms with E-state index in [-0.39, 0.29) is 11.2 Å². The second kappa shape index (κ2) is 6.85. The van der Waals surface area contributed by atoms with Gasteiger partial charge in [0.05, 0.1) is 5.56 Å². The number of nitrogens with zero attached hydrogens (tertiary/aromatic N) is 2. The topological polar surface area (TPSA) is 64.1 Å². The van der Waals surface area contributed by atoms with Crippen LogP contribution >= 0.6 is 11.6 Å². The molecule has 2 aromatic rings. The van der Waals surface area contributed by atoms with Crippen LogP contribution in [0, 0.1) is 0 Å². The number of hydrogen-bond donors (Lipinski definition) is 1. The lowest BCUT2D eigenvalue weighted by Gasteiger charge is -2.24. The quantitative estimate of drug-likeness (QED) is 0.693. The highest BCUT2D eigenvalue weighted by Gasteiger charge is 2.19. The Morgan fingerprint density at radius 3 is 2.59 bits per heavy atom. The zero-order chi connectivity index (χ0) is 15.4. The SMILES string of the molecule is O=Cc1c(Cl)nc(-c2ccccc2)nc1NC1CCOCC1. The van der Waals surface area contributed by atoms with Gasteiger partial charge in [0.1, 0.15) is 11.0 Å². The maximum Gasteiger partial charge on any atom is 0.163 e. The van der Waals surface area contributed by atoms with Crippen LogP contribution < -0.4 is 5.32 Å². The Hall–Kier alpha value is -1.98. The fourth-order valence-corrected chi connectivity index (χ4v) is 2.62. The molecule has 6 heteroatoms. The highest BCUT2D eigenvalue weighted by molar-refractivity contribution is 6.32. The van der Waals surface area contributed by atoms with E-state index in [1.807, 2.05) is 30.3 Å². The molecule has 1 saturated heterocycles. The minimum atomic E-state index is 0.165. The Labute approximate surface area is 133 Å². The van der Waals surface area contributed by atoms with E-state index in [2.05, 4.69) is 15.3 Å². The highest BCUT2D eigenvalue weighted by atomic mass is 35.5. The Bertz CT molecular complexity index is 658. The molecule has 0 radical (unpaired) electrons. The summed E-state index contributed by atoms with van der Waals surface area (Å²) >= 11 is 6.16. The number of aromatic nitrogens is 2. The summed E-state index contributed by atoms with van der Waals surface area (Å²) in [6, 6.07) is 9.78. The van der Waals surface area contributed by atoms with Crippen molar-refractivity contribution in [3.05, 3.63) is 41.0 Å². The van der Waals surface area contributed by atoms with Crippen molar-refractivity contribution in [1.82, 2.24) is 9.97 Å². The Morgan fingerprint density at radius 2 is 1.91 bits per heavy atom. The molecule has 0 unspecified atom stereocenters. The Balaban J connectivity index is 1.95. The molecule has 0 atom stereocenters. The number of rotatable bonds is 4. The lowest BCUT2D eigenvalue weighted by atomic mass is 10.1. The van der Waals surface area contributed by atoms with E-state index >= 15 is 0 Å². The van der Waals surface area contributed by atoms with Gasteiger partial charge in [-0.1, -0.05) is 41.9 Å². The predicted octanol–water partition coefficient (Wildman–Crippen LogP) is 3.20. The monoisotopic (exact) mass is 317 g/mol. The molecule has 1 aliphatic heterocycles. The van der Waals surface area contributed by atoms with Gasteiger partial charge in [0.15, 0.2) is 12.1 Å². The molecule has 5 nitrogen and oxygen atoms in total. The summed E-state index contributed by atoms with van der Waals surface area (Å²) < 4.78 is 5.34. The van der Waals surface area contributed by atoms with E-state index in [4.69, 9.17) is 16.3 Å². The molecule has 22 heavy (non-hydrogen) atoms. The molecule has 0 spiro atoms. The van der Waals surface area contributed by atoms with Gasteiger partial charge >= 0.3 is 0 Å². The molecule has 0 saturated carbocycles. The zero-order valence-corrected chi connectivity index (χ0v) is 12.7. The number of halogens is 1. The molecule has 114 valence electrons. The van der Waals surface area contributed by atoms with E-state index in [9.17, 15) is 4.79 Å². The largest absolute Gasteiger partial charge is 0.381 e. The highest BCUT2D eigenvalue weighted by Crippen LogP contribution is 2.26. The van der Waals surface area contributed by atoms with Crippen LogP contribution in [0.5, 0.6) is 0 Å². The van der Waals surface area contributed by atoms with Crippen LogP contribution in [0.1, 0.15) is 23.2 Å². The molecular formula is C16H16ClN3O2. The summed E-state index contributed by atoms with van der Waals surface area (Å²) in [6.45, 7) is 1.41. The molecule has 1 N–H and O–H groups in total. The number of benzene rings is 1. The van der Waals surface area contributed by atoms with Crippen LogP contribution in [0.25, 0.3) is 11.4 Å². The van der Waals surface area contributed by atoms with Crippen LogP contribution in [0.15, 0.2) is 30.3 Å². The third-order valence-corrected chi connectivity index (χ3v) is 3.90. The van der Waals surface area contributed by atoms with Gasteiger partial charge in [-0.15, -0.1) is 0 Å². The summed E-state index contributed by atoms with van der Waals surface area (Å²) in [5.74, 6) is 0.992. The van der Waals surface area contributed by atoms with Crippen LogP contribution in [0.3, 0.4) is 0 Å². The van der Waals surface area contributed by atoms with Gasteiger partial charge < -0.3 is 10.1 Å². The number of aldehydes is 1. The van der Waals surface area contributed by atoms with Crippen molar-refractivity contribution in [2.75, 3.05) is 18.5 Å². The number of carbonyl (C=O) groups is 1. The Kier molecular flexibility index (Phi) is 4.65. The van der Waals surface area contributed by atoms with Crippen molar-refractivity contribution in [2.45, 2.75) is 18.9 Å².